The molecule has 3 rings (SSSR count). The highest BCUT2D eigenvalue weighted by Crippen LogP contribution is 2.25. The first kappa shape index (κ1) is 17.0. The minimum atomic E-state index is -3.59. The van der Waals surface area contributed by atoms with Gasteiger partial charge in [0, 0.05) is 19.3 Å². The Morgan fingerprint density at radius 2 is 2.04 bits per heavy atom. The molecule has 0 aliphatic heterocycles. The third kappa shape index (κ3) is 3.96. The molecule has 1 fully saturated rings. The Morgan fingerprint density at radius 3 is 2.67 bits per heavy atom. The summed E-state index contributed by atoms with van der Waals surface area (Å²) < 4.78 is 32.3. The summed E-state index contributed by atoms with van der Waals surface area (Å²) in [6.45, 7) is 0.124. The normalized spacial score (nSPS) is 16.2. The van der Waals surface area contributed by atoms with Gasteiger partial charge < -0.3 is 9.32 Å². The molecule has 0 spiro atoms. The smallest absolute Gasteiger partial charge is 0.242 e. The van der Waals surface area contributed by atoms with E-state index in [9.17, 15) is 8.42 Å². The summed E-state index contributed by atoms with van der Waals surface area (Å²) in [6, 6.07) is 7.32. The molecule has 0 saturated heterocycles. The molecular formula is C17H23N3O3S. The van der Waals surface area contributed by atoms with Gasteiger partial charge in [-0.1, -0.05) is 19.3 Å². The topological polar surface area (TPSA) is 75.4 Å². The predicted octanol–water partition coefficient (Wildman–Crippen LogP) is 2.92. The fraction of sp³-hybridized carbons (Fsp3) is 0.471. The van der Waals surface area contributed by atoms with Gasteiger partial charge in [-0.25, -0.2) is 18.1 Å². The second-order valence-electron chi connectivity index (χ2n) is 6.16. The highest BCUT2D eigenvalue weighted by atomic mass is 32.2. The van der Waals surface area contributed by atoms with Crippen LogP contribution in [0.5, 0.6) is 0 Å². The zero-order chi connectivity index (χ0) is 17.0. The molecule has 0 radical (unpaired) electrons. The van der Waals surface area contributed by atoms with Gasteiger partial charge in [-0.05, 0) is 37.1 Å². The minimum absolute atomic E-state index is 0.124. The lowest BCUT2D eigenvalue weighted by Crippen LogP contribution is -2.34. The molecule has 1 aliphatic rings. The van der Waals surface area contributed by atoms with Gasteiger partial charge in [-0.3, -0.25) is 0 Å². The number of hydrogen-bond donors (Lipinski definition) is 1. The second-order valence-corrected chi connectivity index (χ2v) is 7.93. The van der Waals surface area contributed by atoms with E-state index in [1.165, 1.54) is 44.6 Å². The van der Waals surface area contributed by atoms with Gasteiger partial charge in [-0.2, -0.15) is 0 Å². The number of rotatable bonds is 6. The molecule has 0 atom stereocenters. The Bertz CT molecular complexity index is 736. The number of pyridine rings is 1. The van der Waals surface area contributed by atoms with Crippen LogP contribution >= 0.6 is 0 Å². The Balaban J connectivity index is 1.66. The molecule has 0 unspecified atom stereocenters. The molecule has 0 bridgehead atoms. The van der Waals surface area contributed by atoms with Gasteiger partial charge in [0.1, 0.15) is 16.5 Å². The molecule has 2 aromatic rings. The van der Waals surface area contributed by atoms with E-state index in [-0.39, 0.29) is 11.4 Å². The van der Waals surface area contributed by atoms with E-state index >= 15 is 0 Å². The van der Waals surface area contributed by atoms with Crippen LogP contribution in [-0.2, 0) is 16.6 Å². The van der Waals surface area contributed by atoms with Crippen molar-refractivity contribution >= 4 is 15.8 Å². The van der Waals surface area contributed by atoms with Gasteiger partial charge in [0.15, 0.2) is 0 Å². The molecule has 130 valence electrons. The van der Waals surface area contributed by atoms with E-state index in [0.29, 0.717) is 11.8 Å². The minimum Gasteiger partial charge on any atom is -0.468 e. The molecule has 6 nitrogen and oxygen atoms in total. The third-order valence-corrected chi connectivity index (χ3v) is 5.92. The quantitative estimate of drug-likeness (QED) is 0.868. The summed E-state index contributed by atoms with van der Waals surface area (Å²) in [5.41, 5.74) is 0. The highest BCUT2D eigenvalue weighted by molar-refractivity contribution is 7.89. The zero-order valence-corrected chi connectivity index (χ0v) is 14.6. The van der Waals surface area contributed by atoms with Crippen LogP contribution in [0, 0.1) is 0 Å². The lowest BCUT2D eigenvalue weighted by atomic mass is 9.94. The molecule has 24 heavy (non-hydrogen) atoms. The average molecular weight is 349 g/mol. The van der Waals surface area contributed by atoms with Crippen molar-refractivity contribution in [3.05, 3.63) is 42.5 Å². The maximum absolute atomic E-state index is 12.3. The van der Waals surface area contributed by atoms with Crippen LogP contribution in [0.2, 0.25) is 0 Å². The number of anilines is 1. The van der Waals surface area contributed by atoms with E-state index in [0.717, 1.165) is 5.82 Å². The van der Waals surface area contributed by atoms with Crippen LogP contribution in [-0.4, -0.2) is 26.5 Å². The van der Waals surface area contributed by atoms with E-state index in [4.69, 9.17) is 4.42 Å². The van der Waals surface area contributed by atoms with Crippen molar-refractivity contribution in [3.63, 3.8) is 0 Å². The van der Waals surface area contributed by atoms with Crippen LogP contribution in [0.4, 0.5) is 5.82 Å². The van der Waals surface area contributed by atoms with Gasteiger partial charge in [0.25, 0.3) is 0 Å². The molecule has 7 heteroatoms. The lowest BCUT2D eigenvalue weighted by Gasteiger charge is -2.32. The molecule has 2 aromatic heterocycles. The maximum atomic E-state index is 12.3. The molecule has 0 aromatic carbocycles. The summed E-state index contributed by atoms with van der Waals surface area (Å²) in [4.78, 5) is 6.67. The lowest BCUT2D eigenvalue weighted by molar-refractivity contribution is 0.426. The van der Waals surface area contributed by atoms with E-state index < -0.39 is 10.0 Å². The third-order valence-electron chi connectivity index (χ3n) is 4.53. The van der Waals surface area contributed by atoms with Crippen molar-refractivity contribution in [2.45, 2.75) is 49.6 Å². The molecule has 0 amide bonds. The Hall–Kier alpha value is -1.86. The number of aromatic nitrogens is 1. The molecule has 1 N–H and O–H groups in total. The molecule has 2 heterocycles. The first-order chi connectivity index (χ1) is 11.6. The standard InChI is InChI=1S/C17H23N3O3S/c1-20(14-6-3-2-4-7-14)17-10-9-16(13-18-17)24(21,22)19-12-15-8-5-11-23-15/h5,8-11,13-14,19H,2-4,6-7,12H2,1H3. The summed E-state index contributed by atoms with van der Waals surface area (Å²) >= 11 is 0. The number of furan rings is 1. The maximum Gasteiger partial charge on any atom is 0.242 e. The number of nitrogens with zero attached hydrogens (tertiary/aromatic N) is 2. The fourth-order valence-electron chi connectivity index (χ4n) is 3.06. The monoisotopic (exact) mass is 349 g/mol. The van der Waals surface area contributed by atoms with Gasteiger partial charge in [0.05, 0.1) is 12.8 Å². The zero-order valence-electron chi connectivity index (χ0n) is 13.8. The van der Waals surface area contributed by atoms with Gasteiger partial charge in [-0.15, -0.1) is 0 Å². The van der Waals surface area contributed by atoms with Crippen molar-refractivity contribution in [2.24, 2.45) is 0 Å². The highest BCUT2D eigenvalue weighted by Gasteiger charge is 2.20. The number of nitrogens with one attached hydrogen (secondary N) is 1. The van der Waals surface area contributed by atoms with E-state index in [2.05, 4.69) is 14.6 Å². The van der Waals surface area contributed by atoms with Crippen molar-refractivity contribution in [1.29, 1.82) is 0 Å². The summed E-state index contributed by atoms with van der Waals surface area (Å²) in [5.74, 6) is 1.38. The van der Waals surface area contributed by atoms with Gasteiger partial charge >= 0.3 is 0 Å². The first-order valence-corrected chi connectivity index (χ1v) is 9.75. The van der Waals surface area contributed by atoms with E-state index in [1.54, 1.807) is 24.3 Å². The summed E-state index contributed by atoms with van der Waals surface area (Å²) in [5, 5.41) is 0. The van der Waals surface area contributed by atoms with Crippen molar-refractivity contribution in [2.75, 3.05) is 11.9 Å². The number of sulfonamides is 1. The Morgan fingerprint density at radius 1 is 1.25 bits per heavy atom. The SMILES string of the molecule is CN(c1ccc(S(=O)(=O)NCc2ccco2)cn1)C1CCCCC1. The Labute approximate surface area is 142 Å². The largest absolute Gasteiger partial charge is 0.468 e. The predicted molar refractivity (Wildman–Crippen MR) is 92.2 cm³/mol. The average Bonchev–Trinajstić information content (AvgIpc) is 3.14. The van der Waals surface area contributed by atoms with Crippen molar-refractivity contribution in [1.82, 2.24) is 9.71 Å². The second kappa shape index (κ2) is 7.36. The van der Waals surface area contributed by atoms with Crippen LogP contribution in [0.3, 0.4) is 0 Å². The Kier molecular flexibility index (Phi) is 5.20. The van der Waals surface area contributed by atoms with Crippen molar-refractivity contribution in [3.8, 4) is 0 Å². The summed E-state index contributed by atoms with van der Waals surface area (Å²) in [6.07, 6.45) is 9.07. The molecule has 1 aliphatic carbocycles. The summed E-state index contributed by atoms with van der Waals surface area (Å²) in [7, 11) is -1.57. The van der Waals surface area contributed by atoms with Crippen molar-refractivity contribution < 1.29 is 12.8 Å². The molecule has 1 saturated carbocycles. The first-order valence-electron chi connectivity index (χ1n) is 8.27. The fourth-order valence-corrected chi connectivity index (χ4v) is 4.00. The van der Waals surface area contributed by atoms with Gasteiger partial charge in [0.2, 0.25) is 10.0 Å². The van der Waals surface area contributed by atoms with Crippen LogP contribution in [0.15, 0.2) is 46.0 Å². The van der Waals surface area contributed by atoms with Crippen LogP contribution in [0.1, 0.15) is 37.9 Å². The van der Waals surface area contributed by atoms with Crippen LogP contribution < -0.4 is 9.62 Å². The van der Waals surface area contributed by atoms with Crippen LogP contribution in [0.25, 0.3) is 0 Å². The van der Waals surface area contributed by atoms with E-state index in [1.807, 2.05) is 7.05 Å². The molecular weight excluding hydrogens is 326 g/mol. The number of hydrogen-bond acceptors (Lipinski definition) is 5.